The van der Waals surface area contributed by atoms with Crippen molar-refractivity contribution in [1.29, 1.82) is 0 Å². The van der Waals surface area contributed by atoms with Gasteiger partial charge in [-0.2, -0.15) is 5.10 Å². The Morgan fingerprint density at radius 1 is 1.57 bits per heavy atom. The average molecular weight is 339 g/mol. The highest BCUT2D eigenvalue weighted by molar-refractivity contribution is 5.85. The molecule has 1 amide bonds. The largest absolute Gasteiger partial charge is 0.373 e. The van der Waals surface area contributed by atoms with Crippen LogP contribution in [-0.2, 0) is 16.1 Å². The van der Waals surface area contributed by atoms with Crippen molar-refractivity contribution < 1.29 is 9.53 Å². The molecule has 1 aliphatic heterocycles. The highest BCUT2D eigenvalue weighted by atomic mass is 35.5. The lowest BCUT2D eigenvalue weighted by atomic mass is 10.2. The van der Waals surface area contributed by atoms with Gasteiger partial charge in [-0.05, 0) is 18.9 Å². The summed E-state index contributed by atoms with van der Waals surface area (Å²) >= 11 is 0. The molecule has 122 valence electrons. The molecule has 2 atom stereocenters. The number of nitrogens with zero attached hydrogens (tertiary/aromatic N) is 3. The third kappa shape index (κ3) is 5.47. The zero-order valence-corrected chi connectivity index (χ0v) is 14.0. The molecule has 0 saturated carbocycles. The molecule has 0 aromatic carbocycles. The zero-order valence-electron chi connectivity index (χ0n) is 12.4. The van der Waals surface area contributed by atoms with Crippen LogP contribution in [-0.4, -0.2) is 52.4 Å². The van der Waals surface area contributed by atoms with Gasteiger partial charge in [0.1, 0.15) is 0 Å². The number of hydrogen-bond acceptors (Lipinski definition) is 4. The topological polar surface area (TPSA) is 73.4 Å². The maximum Gasteiger partial charge on any atom is 0.239 e. The van der Waals surface area contributed by atoms with E-state index >= 15 is 0 Å². The Labute approximate surface area is 137 Å². The van der Waals surface area contributed by atoms with Crippen LogP contribution in [0.3, 0.4) is 0 Å². The molecule has 0 spiro atoms. The summed E-state index contributed by atoms with van der Waals surface area (Å²) in [6, 6.07) is -0.398. The number of morpholine rings is 1. The summed E-state index contributed by atoms with van der Waals surface area (Å²) in [4.78, 5) is 13.9. The predicted octanol–water partition coefficient (Wildman–Crippen LogP) is 1.000. The van der Waals surface area contributed by atoms with Crippen LogP contribution >= 0.6 is 24.8 Å². The van der Waals surface area contributed by atoms with Crippen molar-refractivity contribution in [1.82, 2.24) is 14.7 Å². The number of carbonyl (C=O) groups is 1. The van der Waals surface area contributed by atoms with Gasteiger partial charge in [-0.25, -0.2) is 0 Å². The van der Waals surface area contributed by atoms with Crippen molar-refractivity contribution in [3.8, 4) is 0 Å². The molecular formula is C13H24Cl2N4O2. The molecule has 1 saturated heterocycles. The van der Waals surface area contributed by atoms with E-state index in [0.717, 1.165) is 5.56 Å². The minimum atomic E-state index is -0.398. The van der Waals surface area contributed by atoms with Crippen molar-refractivity contribution in [3.63, 3.8) is 0 Å². The van der Waals surface area contributed by atoms with E-state index in [4.69, 9.17) is 10.5 Å². The second-order valence-electron chi connectivity index (χ2n) is 5.03. The van der Waals surface area contributed by atoms with Gasteiger partial charge in [0.2, 0.25) is 5.91 Å². The number of hydrogen-bond donors (Lipinski definition) is 1. The van der Waals surface area contributed by atoms with Gasteiger partial charge in [-0.1, -0.05) is 6.92 Å². The molecule has 2 rings (SSSR count). The summed E-state index contributed by atoms with van der Waals surface area (Å²) in [7, 11) is 0. The van der Waals surface area contributed by atoms with Gasteiger partial charge in [-0.15, -0.1) is 24.8 Å². The molecule has 1 aromatic rings. The first kappa shape index (κ1) is 20.2. The van der Waals surface area contributed by atoms with E-state index < -0.39 is 6.04 Å². The van der Waals surface area contributed by atoms with E-state index in [9.17, 15) is 4.79 Å². The van der Waals surface area contributed by atoms with Crippen molar-refractivity contribution in [2.75, 3.05) is 19.7 Å². The first-order valence-electron chi connectivity index (χ1n) is 6.75. The number of amides is 1. The Bertz CT molecular complexity index is 442. The fourth-order valence-electron chi connectivity index (χ4n) is 2.21. The van der Waals surface area contributed by atoms with E-state index in [0.29, 0.717) is 32.7 Å². The first-order valence-corrected chi connectivity index (χ1v) is 6.75. The predicted molar refractivity (Wildman–Crippen MR) is 86.0 cm³/mol. The van der Waals surface area contributed by atoms with Crippen molar-refractivity contribution in [2.45, 2.75) is 39.0 Å². The number of ether oxygens (including phenoxy) is 1. The maximum absolute atomic E-state index is 12.1. The normalized spacial score (nSPS) is 19.4. The van der Waals surface area contributed by atoms with Gasteiger partial charge in [-0.3, -0.25) is 9.48 Å². The van der Waals surface area contributed by atoms with Crippen LogP contribution in [0.2, 0.25) is 0 Å². The second kappa shape index (κ2) is 9.25. The molecule has 1 unspecified atom stereocenters. The number of carbonyl (C=O) groups excluding carboxylic acids is 1. The van der Waals surface area contributed by atoms with Crippen LogP contribution in [0.5, 0.6) is 0 Å². The summed E-state index contributed by atoms with van der Waals surface area (Å²) < 4.78 is 7.54. The van der Waals surface area contributed by atoms with E-state index in [-0.39, 0.29) is 36.8 Å². The summed E-state index contributed by atoms with van der Waals surface area (Å²) in [6.45, 7) is 6.37. The fourth-order valence-corrected chi connectivity index (χ4v) is 2.21. The molecule has 8 heteroatoms. The monoisotopic (exact) mass is 338 g/mol. The third-order valence-corrected chi connectivity index (χ3v) is 3.36. The van der Waals surface area contributed by atoms with Crippen molar-refractivity contribution in [3.05, 3.63) is 18.0 Å². The van der Waals surface area contributed by atoms with Gasteiger partial charge in [0.15, 0.2) is 0 Å². The number of aryl methyl sites for hydroxylation is 1. The molecular weight excluding hydrogens is 315 g/mol. The first-order chi connectivity index (χ1) is 9.10. The Balaban J connectivity index is 0.00000200. The molecule has 1 fully saturated rings. The Morgan fingerprint density at radius 3 is 2.86 bits per heavy atom. The summed E-state index contributed by atoms with van der Waals surface area (Å²) in [5.74, 6) is 0.0208. The Kier molecular flexibility index (Phi) is 8.89. The lowest BCUT2D eigenvalue weighted by Crippen LogP contribution is -2.52. The van der Waals surface area contributed by atoms with Gasteiger partial charge in [0.25, 0.3) is 0 Å². The van der Waals surface area contributed by atoms with Crippen LogP contribution < -0.4 is 5.73 Å². The number of rotatable bonds is 4. The quantitative estimate of drug-likeness (QED) is 0.888. The molecule has 0 aliphatic carbocycles. The highest BCUT2D eigenvalue weighted by Crippen LogP contribution is 2.10. The van der Waals surface area contributed by atoms with Crippen LogP contribution in [0.25, 0.3) is 0 Å². The third-order valence-electron chi connectivity index (χ3n) is 3.36. The van der Waals surface area contributed by atoms with Crippen molar-refractivity contribution >= 4 is 30.7 Å². The molecule has 2 N–H and O–H groups in total. The SMILES string of the molecule is CC[C@H](N)C(=O)N1CCOC(Cn2cc(C)cn2)C1.Cl.Cl. The zero-order chi connectivity index (χ0) is 13.8. The highest BCUT2D eigenvalue weighted by Gasteiger charge is 2.27. The number of aromatic nitrogens is 2. The molecule has 21 heavy (non-hydrogen) atoms. The van der Waals surface area contributed by atoms with E-state index in [1.54, 1.807) is 4.90 Å². The minimum absolute atomic E-state index is 0. The average Bonchev–Trinajstić information content (AvgIpc) is 2.82. The summed E-state index contributed by atoms with van der Waals surface area (Å²) in [6.07, 6.45) is 4.45. The van der Waals surface area contributed by atoms with Gasteiger partial charge in [0, 0.05) is 19.3 Å². The van der Waals surface area contributed by atoms with Crippen molar-refractivity contribution in [2.24, 2.45) is 5.73 Å². The Morgan fingerprint density at radius 2 is 2.29 bits per heavy atom. The lowest BCUT2D eigenvalue weighted by molar-refractivity contribution is -0.140. The molecule has 1 aliphatic rings. The van der Waals surface area contributed by atoms with Gasteiger partial charge in [0.05, 0.1) is 31.5 Å². The fraction of sp³-hybridized carbons (Fsp3) is 0.692. The lowest BCUT2D eigenvalue weighted by Gasteiger charge is -2.34. The summed E-state index contributed by atoms with van der Waals surface area (Å²) in [5.41, 5.74) is 6.92. The molecule has 6 nitrogen and oxygen atoms in total. The molecule has 2 heterocycles. The van der Waals surface area contributed by atoms with E-state index in [2.05, 4.69) is 5.10 Å². The van der Waals surface area contributed by atoms with Gasteiger partial charge >= 0.3 is 0 Å². The second-order valence-corrected chi connectivity index (χ2v) is 5.03. The van der Waals surface area contributed by atoms with Crippen LogP contribution in [0.15, 0.2) is 12.4 Å². The van der Waals surface area contributed by atoms with Crippen LogP contribution in [0, 0.1) is 6.92 Å². The molecule has 1 aromatic heterocycles. The smallest absolute Gasteiger partial charge is 0.239 e. The number of nitrogens with two attached hydrogens (primary N) is 1. The van der Waals surface area contributed by atoms with E-state index in [1.807, 2.05) is 30.9 Å². The molecule has 0 radical (unpaired) electrons. The molecule has 0 bridgehead atoms. The van der Waals surface area contributed by atoms with Gasteiger partial charge < -0.3 is 15.4 Å². The van der Waals surface area contributed by atoms with E-state index in [1.165, 1.54) is 0 Å². The standard InChI is InChI=1S/C13H22N4O2.2ClH/c1-3-12(14)13(18)16-4-5-19-11(8-16)9-17-7-10(2)6-15-17;;/h6-7,11-12H,3-5,8-9,14H2,1-2H3;2*1H/t11?,12-;;/m0../s1. The van der Waals surface area contributed by atoms with Crippen LogP contribution in [0.1, 0.15) is 18.9 Å². The maximum atomic E-state index is 12.1. The Hall–Kier alpha value is -0.820. The summed E-state index contributed by atoms with van der Waals surface area (Å²) in [5, 5.41) is 4.24. The van der Waals surface area contributed by atoms with Crippen LogP contribution in [0.4, 0.5) is 0 Å². The minimum Gasteiger partial charge on any atom is -0.373 e. The number of halogens is 2.